The van der Waals surface area contributed by atoms with E-state index in [1.54, 1.807) is 12.1 Å². The van der Waals surface area contributed by atoms with Crippen LogP contribution in [0.2, 0.25) is 0 Å². The predicted octanol–water partition coefficient (Wildman–Crippen LogP) is 6.11. The lowest BCUT2D eigenvalue weighted by Crippen LogP contribution is -2.04. The fraction of sp³-hybridized carbons (Fsp3) is 0.0417. The number of para-hydroxylation sites is 1. The second-order valence-corrected chi connectivity index (χ2v) is 7.58. The molecule has 0 aliphatic heterocycles. The molecule has 6 heteroatoms. The lowest BCUT2D eigenvalue weighted by Gasteiger charge is -2.10. The summed E-state index contributed by atoms with van der Waals surface area (Å²) in [6.07, 6.45) is 0. The van der Waals surface area contributed by atoms with Crippen LogP contribution < -0.4 is 5.43 Å². The second kappa shape index (κ2) is 8.88. The van der Waals surface area contributed by atoms with Crippen LogP contribution in [0.15, 0.2) is 94.5 Å². The maximum absolute atomic E-state index is 10.3. The summed E-state index contributed by atoms with van der Waals surface area (Å²) in [6, 6.07) is 26.7. The van der Waals surface area contributed by atoms with Gasteiger partial charge < -0.3 is 5.11 Å². The molecule has 0 aliphatic carbocycles. The average Bonchev–Trinajstić information content (AvgIpc) is 2.78. The molecule has 148 valence electrons. The van der Waals surface area contributed by atoms with Gasteiger partial charge in [-0.25, -0.2) is 15.4 Å². The van der Waals surface area contributed by atoms with Crippen molar-refractivity contribution in [2.45, 2.75) is 6.92 Å². The predicted molar refractivity (Wildman–Crippen MR) is 125 cm³/mol. The molecule has 4 aromatic rings. The molecule has 1 heterocycles. The summed E-state index contributed by atoms with van der Waals surface area (Å²) in [6.45, 7) is 1.92. The minimum atomic E-state index is 0.160. The number of benzene rings is 3. The highest BCUT2D eigenvalue weighted by molar-refractivity contribution is 9.10. The van der Waals surface area contributed by atoms with Crippen LogP contribution in [0.4, 0.5) is 5.95 Å². The van der Waals surface area contributed by atoms with Gasteiger partial charge in [-0.05, 0) is 42.8 Å². The van der Waals surface area contributed by atoms with Gasteiger partial charge in [0.15, 0.2) is 0 Å². The van der Waals surface area contributed by atoms with Gasteiger partial charge >= 0.3 is 0 Å². The molecule has 0 spiro atoms. The van der Waals surface area contributed by atoms with Gasteiger partial charge in [0.25, 0.3) is 0 Å². The molecule has 30 heavy (non-hydrogen) atoms. The first-order chi connectivity index (χ1) is 14.6. The standard InChI is InChI=1S/C24H19BrN4O/c1-16(17-7-3-2-4-8-17)28-29-24-26-21(18-11-13-19(25)14-12-18)15-22(27-24)20-9-5-6-10-23(20)30/h2-15,30H,1H3,(H,26,27,29). The molecule has 0 bridgehead atoms. The van der Waals surface area contributed by atoms with Crippen molar-refractivity contribution in [3.8, 4) is 28.3 Å². The first kappa shape index (κ1) is 19.8. The minimum absolute atomic E-state index is 0.160. The average molecular weight is 459 g/mol. The molecule has 0 atom stereocenters. The topological polar surface area (TPSA) is 70.4 Å². The number of aromatic hydroxyl groups is 1. The Bertz CT molecular complexity index is 1190. The zero-order valence-electron chi connectivity index (χ0n) is 16.2. The van der Waals surface area contributed by atoms with Crippen LogP contribution in [0, 0.1) is 0 Å². The highest BCUT2D eigenvalue weighted by Crippen LogP contribution is 2.31. The molecule has 3 aromatic carbocycles. The summed E-state index contributed by atoms with van der Waals surface area (Å²) in [5, 5.41) is 14.7. The fourth-order valence-electron chi connectivity index (χ4n) is 2.97. The van der Waals surface area contributed by atoms with E-state index in [2.05, 4.69) is 36.4 Å². The molecule has 0 fully saturated rings. The number of nitrogens with zero attached hydrogens (tertiary/aromatic N) is 3. The molecule has 4 rings (SSSR count). The molecule has 2 N–H and O–H groups in total. The Morgan fingerprint density at radius 2 is 1.53 bits per heavy atom. The van der Waals surface area contributed by atoms with E-state index in [0.29, 0.717) is 17.2 Å². The van der Waals surface area contributed by atoms with Crippen molar-refractivity contribution in [2.75, 3.05) is 5.43 Å². The number of halogens is 1. The number of hydrogen-bond donors (Lipinski definition) is 2. The number of aromatic nitrogens is 2. The first-order valence-electron chi connectivity index (χ1n) is 9.39. The SMILES string of the molecule is CC(=NNc1nc(-c2ccc(Br)cc2)cc(-c2ccccc2O)n1)c1ccccc1. The normalized spacial score (nSPS) is 11.3. The maximum Gasteiger partial charge on any atom is 0.244 e. The van der Waals surface area contributed by atoms with Crippen molar-refractivity contribution >= 4 is 27.6 Å². The Labute approximate surface area is 183 Å². The Balaban J connectivity index is 1.75. The van der Waals surface area contributed by atoms with Crippen molar-refractivity contribution < 1.29 is 5.11 Å². The monoisotopic (exact) mass is 458 g/mol. The van der Waals surface area contributed by atoms with E-state index in [4.69, 9.17) is 0 Å². The molecule has 0 amide bonds. The summed E-state index contributed by atoms with van der Waals surface area (Å²) in [5.74, 6) is 0.511. The number of phenolic OH excluding ortho intramolecular Hbond substituents is 1. The molecule has 0 radical (unpaired) electrons. The van der Waals surface area contributed by atoms with Gasteiger partial charge in [-0.3, -0.25) is 0 Å². The largest absolute Gasteiger partial charge is 0.507 e. The Morgan fingerprint density at radius 3 is 2.27 bits per heavy atom. The quantitative estimate of drug-likeness (QED) is 0.279. The fourth-order valence-corrected chi connectivity index (χ4v) is 3.24. The van der Waals surface area contributed by atoms with Crippen LogP contribution >= 0.6 is 15.9 Å². The van der Waals surface area contributed by atoms with E-state index in [-0.39, 0.29) is 5.75 Å². The van der Waals surface area contributed by atoms with Crippen LogP contribution in [-0.4, -0.2) is 20.8 Å². The van der Waals surface area contributed by atoms with Crippen molar-refractivity contribution in [1.82, 2.24) is 9.97 Å². The molecule has 0 aliphatic rings. The number of phenols is 1. The van der Waals surface area contributed by atoms with Gasteiger partial charge in [-0.2, -0.15) is 5.10 Å². The van der Waals surface area contributed by atoms with Crippen molar-refractivity contribution in [1.29, 1.82) is 0 Å². The molecule has 0 saturated carbocycles. The van der Waals surface area contributed by atoms with E-state index in [9.17, 15) is 5.11 Å². The number of anilines is 1. The van der Waals surface area contributed by atoms with Gasteiger partial charge in [0.1, 0.15) is 5.75 Å². The molecule has 0 unspecified atom stereocenters. The molecule has 5 nitrogen and oxygen atoms in total. The van der Waals surface area contributed by atoms with Gasteiger partial charge in [0.2, 0.25) is 5.95 Å². The minimum Gasteiger partial charge on any atom is -0.507 e. The number of hydrazone groups is 1. The molecule has 1 aromatic heterocycles. The van der Waals surface area contributed by atoms with E-state index < -0.39 is 0 Å². The number of rotatable bonds is 5. The third-order valence-electron chi connectivity index (χ3n) is 4.56. The third kappa shape index (κ3) is 4.55. The molecular weight excluding hydrogens is 440 g/mol. The van der Waals surface area contributed by atoms with Crippen molar-refractivity contribution in [3.63, 3.8) is 0 Å². The zero-order chi connectivity index (χ0) is 20.9. The van der Waals surface area contributed by atoms with Gasteiger partial charge in [0, 0.05) is 15.6 Å². The van der Waals surface area contributed by atoms with Gasteiger partial charge in [-0.15, -0.1) is 0 Å². The zero-order valence-corrected chi connectivity index (χ0v) is 17.8. The van der Waals surface area contributed by atoms with Crippen molar-refractivity contribution in [2.24, 2.45) is 5.10 Å². The van der Waals surface area contributed by atoms with Crippen LogP contribution in [0.5, 0.6) is 5.75 Å². The first-order valence-corrected chi connectivity index (χ1v) is 10.2. The van der Waals surface area contributed by atoms with Crippen LogP contribution in [0.3, 0.4) is 0 Å². The Kier molecular flexibility index (Phi) is 5.86. The van der Waals surface area contributed by atoms with E-state index in [0.717, 1.165) is 27.0 Å². The summed E-state index contributed by atoms with van der Waals surface area (Å²) in [4.78, 5) is 9.20. The summed E-state index contributed by atoms with van der Waals surface area (Å²) >= 11 is 3.46. The Hall–Kier alpha value is -3.51. The highest BCUT2D eigenvalue weighted by atomic mass is 79.9. The van der Waals surface area contributed by atoms with Gasteiger partial charge in [0.05, 0.1) is 17.1 Å². The molecular formula is C24H19BrN4O. The summed E-state index contributed by atoms with van der Waals surface area (Å²) in [7, 11) is 0. The summed E-state index contributed by atoms with van der Waals surface area (Å²) in [5.41, 5.74) is 7.69. The van der Waals surface area contributed by atoms with Crippen molar-refractivity contribution in [3.05, 3.63) is 95.0 Å². The van der Waals surface area contributed by atoms with Gasteiger partial charge in [-0.1, -0.05) is 70.5 Å². The van der Waals surface area contributed by atoms with Crippen LogP contribution in [0.1, 0.15) is 12.5 Å². The lowest BCUT2D eigenvalue weighted by atomic mass is 10.1. The smallest absolute Gasteiger partial charge is 0.244 e. The second-order valence-electron chi connectivity index (χ2n) is 6.66. The van der Waals surface area contributed by atoms with Crippen LogP contribution in [-0.2, 0) is 0 Å². The third-order valence-corrected chi connectivity index (χ3v) is 5.09. The maximum atomic E-state index is 10.3. The number of nitrogens with one attached hydrogen (secondary N) is 1. The lowest BCUT2D eigenvalue weighted by molar-refractivity contribution is 0.477. The van der Waals surface area contributed by atoms with E-state index in [1.807, 2.05) is 79.7 Å². The summed E-state index contributed by atoms with van der Waals surface area (Å²) < 4.78 is 0.989. The van der Waals surface area contributed by atoms with E-state index >= 15 is 0 Å². The highest BCUT2D eigenvalue weighted by Gasteiger charge is 2.11. The number of hydrogen-bond acceptors (Lipinski definition) is 5. The molecule has 0 saturated heterocycles. The van der Waals surface area contributed by atoms with Crippen LogP contribution in [0.25, 0.3) is 22.5 Å². The van der Waals surface area contributed by atoms with E-state index in [1.165, 1.54) is 0 Å². The Morgan fingerprint density at radius 1 is 0.867 bits per heavy atom.